The van der Waals surface area contributed by atoms with Crippen LogP contribution < -0.4 is 4.74 Å². The van der Waals surface area contributed by atoms with Crippen LogP contribution in [0, 0.1) is 0 Å². The highest BCUT2D eigenvalue weighted by molar-refractivity contribution is 5.83. The zero-order valence-electron chi connectivity index (χ0n) is 8.90. The maximum atomic E-state index is 5.51. The lowest BCUT2D eigenvalue weighted by molar-refractivity contribution is 0.366. The molecular weight excluding hydrogens is 176 g/mol. The minimum atomic E-state index is 0.530. The van der Waals surface area contributed by atoms with Crippen molar-refractivity contribution in [1.29, 1.82) is 0 Å². The van der Waals surface area contributed by atoms with Gasteiger partial charge in [-0.05, 0) is 19.1 Å². The number of hydrogen-bond donors (Lipinski definition) is 0. The molecule has 0 aromatic heterocycles. The number of para-hydroxylation sites is 1. The molecule has 1 rings (SSSR count). The Bertz CT molecular complexity index is 293. The maximum Gasteiger partial charge on any atom is 0.128 e. The summed E-state index contributed by atoms with van der Waals surface area (Å²) in [6, 6.07) is 9.74. The third-order valence-electron chi connectivity index (χ3n) is 1.56. The molecular formula is C11H16N2O. The fourth-order valence-electron chi connectivity index (χ4n) is 1.07. The van der Waals surface area contributed by atoms with Gasteiger partial charge in [0.05, 0.1) is 5.71 Å². The number of hydrazone groups is 1. The van der Waals surface area contributed by atoms with Crippen molar-refractivity contribution in [3.63, 3.8) is 0 Å². The lowest BCUT2D eigenvalue weighted by Crippen LogP contribution is -2.13. The van der Waals surface area contributed by atoms with Crippen molar-refractivity contribution in [3.8, 4) is 5.75 Å². The first-order chi connectivity index (χ1) is 6.68. The van der Waals surface area contributed by atoms with E-state index >= 15 is 0 Å². The van der Waals surface area contributed by atoms with E-state index in [1.165, 1.54) is 0 Å². The van der Waals surface area contributed by atoms with E-state index < -0.39 is 0 Å². The molecule has 0 fully saturated rings. The van der Waals surface area contributed by atoms with Crippen LogP contribution in [0.2, 0.25) is 0 Å². The van der Waals surface area contributed by atoms with Gasteiger partial charge in [-0.1, -0.05) is 18.2 Å². The predicted molar refractivity (Wildman–Crippen MR) is 58.7 cm³/mol. The summed E-state index contributed by atoms with van der Waals surface area (Å²) in [5.41, 5.74) is 0.957. The molecule has 0 atom stereocenters. The molecule has 0 amide bonds. The molecule has 76 valence electrons. The van der Waals surface area contributed by atoms with Crippen molar-refractivity contribution < 1.29 is 4.74 Å². The highest BCUT2D eigenvalue weighted by atomic mass is 16.5. The summed E-state index contributed by atoms with van der Waals surface area (Å²) in [4.78, 5) is 0. The lowest BCUT2D eigenvalue weighted by atomic mass is 10.3. The fourth-order valence-corrected chi connectivity index (χ4v) is 1.07. The van der Waals surface area contributed by atoms with Gasteiger partial charge in [-0.25, -0.2) is 0 Å². The van der Waals surface area contributed by atoms with E-state index in [1.54, 1.807) is 5.01 Å². The molecule has 1 aromatic rings. The van der Waals surface area contributed by atoms with Crippen molar-refractivity contribution in [3.05, 3.63) is 30.3 Å². The van der Waals surface area contributed by atoms with Gasteiger partial charge >= 0.3 is 0 Å². The van der Waals surface area contributed by atoms with Gasteiger partial charge in [-0.3, -0.25) is 0 Å². The Balaban J connectivity index is 2.42. The van der Waals surface area contributed by atoms with Gasteiger partial charge in [0.1, 0.15) is 12.4 Å². The Morgan fingerprint density at radius 3 is 2.50 bits per heavy atom. The van der Waals surface area contributed by atoms with E-state index in [2.05, 4.69) is 5.10 Å². The second-order valence-electron chi connectivity index (χ2n) is 3.28. The van der Waals surface area contributed by atoms with E-state index in [1.807, 2.05) is 51.4 Å². The monoisotopic (exact) mass is 192 g/mol. The van der Waals surface area contributed by atoms with Crippen molar-refractivity contribution in [2.45, 2.75) is 6.92 Å². The molecule has 0 bridgehead atoms. The SMILES string of the molecule is C/C(COc1ccccc1)=N\N(C)C. The Morgan fingerprint density at radius 1 is 1.29 bits per heavy atom. The van der Waals surface area contributed by atoms with Gasteiger partial charge < -0.3 is 9.75 Å². The van der Waals surface area contributed by atoms with Crippen molar-refractivity contribution in [2.24, 2.45) is 5.10 Å². The Hall–Kier alpha value is -1.51. The smallest absolute Gasteiger partial charge is 0.128 e. The summed E-state index contributed by atoms with van der Waals surface area (Å²) in [5.74, 6) is 0.876. The van der Waals surface area contributed by atoms with Crippen LogP contribution >= 0.6 is 0 Å². The van der Waals surface area contributed by atoms with Crippen molar-refractivity contribution in [2.75, 3.05) is 20.7 Å². The number of ether oxygens (including phenoxy) is 1. The average molecular weight is 192 g/mol. The molecule has 0 radical (unpaired) electrons. The van der Waals surface area contributed by atoms with E-state index in [-0.39, 0.29) is 0 Å². The first-order valence-corrected chi connectivity index (χ1v) is 4.58. The fraction of sp³-hybridized carbons (Fsp3) is 0.364. The zero-order chi connectivity index (χ0) is 10.4. The van der Waals surface area contributed by atoms with E-state index in [4.69, 9.17) is 4.74 Å². The van der Waals surface area contributed by atoms with Crippen molar-refractivity contribution >= 4 is 5.71 Å². The first kappa shape index (κ1) is 10.6. The molecule has 0 spiro atoms. The van der Waals surface area contributed by atoms with Crippen LogP contribution in [0.1, 0.15) is 6.92 Å². The quantitative estimate of drug-likeness (QED) is 0.538. The highest BCUT2D eigenvalue weighted by Crippen LogP contribution is 2.07. The number of nitrogens with zero attached hydrogens (tertiary/aromatic N) is 2. The summed E-state index contributed by atoms with van der Waals surface area (Å²) in [5, 5.41) is 5.98. The average Bonchev–Trinajstić information content (AvgIpc) is 2.15. The van der Waals surface area contributed by atoms with Gasteiger partial charge in [0.2, 0.25) is 0 Å². The van der Waals surface area contributed by atoms with Gasteiger partial charge in [0.15, 0.2) is 0 Å². The van der Waals surface area contributed by atoms with Crippen LogP contribution in [0.15, 0.2) is 35.4 Å². The molecule has 0 saturated carbocycles. The number of hydrogen-bond acceptors (Lipinski definition) is 3. The molecule has 3 nitrogen and oxygen atoms in total. The van der Waals surface area contributed by atoms with Crippen LogP contribution in [0.4, 0.5) is 0 Å². The second-order valence-corrected chi connectivity index (χ2v) is 3.28. The van der Waals surface area contributed by atoms with Gasteiger partial charge in [-0.2, -0.15) is 5.10 Å². The standard InChI is InChI=1S/C11H16N2O/c1-10(12-13(2)3)9-14-11-7-5-4-6-8-11/h4-8H,9H2,1-3H3/b12-10+. The molecule has 14 heavy (non-hydrogen) atoms. The summed E-state index contributed by atoms with van der Waals surface area (Å²) in [7, 11) is 3.79. The summed E-state index contributed by atoms with van der Waals surface area (Å²) in [6.45, 7) is 2.48. The normalized spacial score (nSPS) is 11.2. The topological polar surface area (TPSA) is 24.8 Å². The highest BCUT2D eigenvalue weighted by Gasteiger charge is 1.94. The van der Waals surface area contributed by atoms with E-state index in [0.29, 0.717) is 6.61 Å². The van der Waals surface area contributed by atoms with Crippen LogP contribution in [-0.2, 0) is 0 Å². The second kappa shape index (κ2) is 5.27. The molecule has 3 heteroatoms. The Kier molecular flexibility index (Phi) is 3.98. The molecule has 0 unspecified atom stereocenters. The molecule has 0 N–H and O–H groups in total. The minimum Gasteiger partial charge on any atom is -0.488 e. The molecule has 0 saturated heterocycles. The van der Waals surface area contributed by atoms with Crippen LogP contribution in [0.25, 0.3) is 0 Å². The number of benzene rings is 1. The minimum absolute atomic E-state index is 0.530. The molecule has 0 heterocycles. The molecule has 0 aliphatic heterocycles. The van der Waals surface area contributed by atoms with E-state index in [9.17, 15) is 0 Å². The van der Waals surface area contributed by atoms with Gasteiger partial charge in [0.25, 0.3) is 0 Å². The van der Waals surface area contributed by atoms with Crippen molar-refractivity contribution in [1.82, 2.24) is 5.01 Å². The maximum absolute atomic E-state index is 5.51. The number of rotatable bonds is 4. The van der Waals surface area contributed by atoms with Crippen LogP contribution in [-0.4, -0.2) is 31.4 Å². The van der Waals surface area contributed by atoms with Gasteiger partial charge in [0, 0.05) is 14.1 Å². The largest absolute Gasteiger partial charge is 0.488 e. The molecule has 0 aliphatic rings. The predicted octanol–water partition coefficient (Wildman–Crippen LogP) is 2.00. The Labute approximate surface area is 85.0 Å². The summed E-state index contributed by atoms with van der Waals surface area (Å²) < 4.78 is 5.51. The van der Waals surface area contributed by atoms with Crippen LogP contribution in [0.5, 0.6) is 5.75 Å². The zero-order valence-corrected chi connectivity index (χ0v) is 8.90. The van der Waals surface area contributed by atoms with Crippen LogP contribution in [0.3, 0.4) is 0 Å². The van der Waals surface area contributed by atoms with Gasteiger partial charge in [-0.15, -0.1) is 0 Å². The third-order valence-corrected chi connectivity index (χ3v) is 1.56. The molecule has 1 aromatic carbocycles. The summed E-state index contributed by atoms with van der Waals surface area (Å²) >= 11 is 0. The third kappa shape index (κ3) is 3.94. The lowest BCUT2D eigenvalue weighted by Gasteiger charge is -2.08. The Morgan fingerprint density at radius 2 is 1.93 bits per heavy atom. The first-order valence-electron chi connectivity index (χ1n) is 4.58. The molecule has 0 aliphatic carbocycles. The summed E-state index contributed by atoms with van der Waals surface area (Å²) in [6.07, 6.45) is 0. The van der Waals surface area contributed by atoms with E-state index in [0.717, 1.165) is 11.5 Å².